The zero-order chi connectivity index (χ0) is 16.3. The Kier molecular flexibility index (Phi) is 4.34. The molecule has 1 amide bonds. The van der Waals surface area contributed by atoms with Crippen molar-refractivity contribution in [2.24, 2.45) is 0 Å². The number of hydrogen-bond donors (Lipinski definition) is 4. The number of imidazole rings is 1. The van der Waals surface area contributed by atoms with Crippen LogP contribution in [-0.2, 0) is 4.74 Å². The Labute approximate surface area is 126 Å². The zero-order valence-corrected chi connectivity index (χ0v) is 13.0. The monoisotopic (exact) mass is 308 g/mol. The first-order valence-corrected chi connectivity index (χ1v) is 6.91. The van der Waals surface area contributed by atoms with Gasteiger partial charge in [-0.3, -0.25) is 9.78 Å². The Morgan fingerprint density at radius 3 is 2.86 bits per heavy atom. The summed E-state index contributed by atoms with van der Waals surface area (Å²) in [6.07, 6.45) is 0.913. The lowest BCUT2D eigenvalue weighted by atomic mass is 10.2. The van der Waals surface area contributed by atoms with E-state index in [4.69, 9.17) is 4.74 Å². The average molecular weight is 308 g/mol. The van der Waals surface area contributed by atoms with Crippen LogP contribution < -0.4 is 16.2 Å². The quantitative estimate of drug-likeness (QED) is 0.667. The van der Waals surface area contributed by atoms with Gasteiger partial charge in [-0.15, -0.1) is 0 Å². The van der Waals surface area contributed by atoms with Crippen molar-refractivity contribution in [2.45, 2.75) is 39.3 Å². The number of carbonyl (C=O) groups excluding carboxylic acids is 1. The van der Waals surface area contributed by atoms with Gasteiger partial charge in [-0.2, -0.15) is 4.98 Å². The molecule has 0 fully saturated rings. The highest BCUT2D eigenvalue weighted by Gasteiger charge is 2.17. The fourth-order valence-electron chi connectivity index (χ4n) is 1.74. The van der Waals surface area contributed by atoms with E-state index >= 15 is 0 Å². The molecule has 9 nitrogen and oxygen atoms in total. The molecule has 4 N–H and O–H groups in total. The molecule has 0 bridgehead atoms. The predicted molar refractivity (Wildman–Crippen MR) is 81.8 cm³/mol. The highest BCUT2D eigenvalue weighted by atomic mass is 16.6. The summed E-state index contributed by atoms with van der Waals surface area (Å²) in [5.74, 6) is 0.305. The summed E-state index contributed by atoms with van der Waals surface area (Å²) >= 11 is 0. The molecule has 1 atom stereocenters. The molecule has 0 aliphatic heterocycles. The number of aromatic nitrogens is 4. The molecular weight excluding hydrogens is 288 g/mol. The maximum atomic E-state index is 11.7. The number of H-pyrrole nitrogens is 2. The van der Waals surface area contributed by atoms with E-state index in [2.05, 4.69) is 30.6 Å². The van der Waals surface area contributed by atoms with Crippen LogP contribution in [0.4, 0.5) is 10.7 Å². The highest BCUT2D eigenvalue weighted by molar-refractivity contribution is 5.69. The molecule has 2 rings (SSSR count). The lowest BCUT2D eigenvalue weighted by Gasteiger charge is -2.22. The van der Waals surface area contributed by atoms with E-state index in [0.29, 0.717) is 18.1 Å². The van der Waals surface area contributed by atoms with Crippen molar-refractivity contribution in [3.8, 4) is 0 Å². The summed E-state index contributed by atoms with van der Waals surface area (Å²) in [6.45, 7) is 7.57. The van der Waals surface area contributed by atoms with Gasteiger partial charge in [0.1, 0.15) is 5.60 Å². The molecule has 0 aromatic carbocycles. The lowest BCUT2D eigenvalue weighted by molar-refractivity contribution is 0.0511. The number of nitrogens with one attached hydrogen (secondary N) is 4. The standard InChI is InChI=1S/C13H20N6O3/c1-7(17-12(21)22-13(2,3)4)5-14-11-18-9-8(10(20)19-11)15-6-16-9/h6-7H,5H2,1-4H3,(H,17,21)(H3,14,15,16,18,19,20). The van der Waals surface area contributed by atoms with Crippen molar-refractivity contribution in [1.82, 2.24) is 25.3 Å². The molecule has 0 saturated heterocycles. The van der Waals surface area contributed by atoms with Gasteiger partial charge in [0.2, 0.25) is 5.95 Å². The van der Waals surface area contributed by atoms with Gasteiger partial charge in [-0.1, -0.05) is 0 Å². The number of ether oxygens (including phenoxy) is 1. The minimum Gasteiger partial charge on any atom is -0.444 e. The Morgan fingerprint density at radius 2 is 2.18 bits per heavy atom. The molecule has 0 aliphatic carbocycles. The second-order valence-corrected chi connectivity index (χ2v) is 5.94. The molecule has 2 aromatic heterocycles. The summed E-state index contributed by atoms with van der Waals surface area (Å²) in [6, 6.07) is -0.211. The molecule has 0 saturated carbocycles. The minimum atomic E-state index is -0.546. The van der Waals surface area contributed by atoms with E-state index in [0.717, 1.165) is 0 Å². The van der Waals surface area contributed by atoms with E-state index in [-0.39, 0.29) is 17.1 Å². The minimum absolute atomic E-state index is 0.211. The van der Waals surface area contributed by atoms with E-state index in [1.165, 1.54) is 6.33 Å². The Morgan fingerprint density at radius 1 is 1.45 bits per heavy atom. The first-order chi connectivity index (χ1) is 10.2. The van der Waals surface area contributed by atoms with Gasteiger partial charge in [0.25, 0.3) is 5.56 Å². The number of amides is 1. The molecule has 1 unspecified atom stereocenters. The van der Waals surface area contributed by atoms with Gasteiger partial charge in [0.05, 0.1) is 6.33 Å². The van der Waals surface area contributed by atoms with Crippen LogP contribution in [0.15, 0.2) is 11.1 Å². The first kappa shape index (κ1) is 15.8. The number of alkyl carbamates (subject to hydrolysis) is 1. The molecule has 0 spiro atoms. The van der Waals surface area contributed by atoms with Gasteiger partial charge in [-0.25, -0.2) is 9.78 Å². The van der Waals surface area contributed by atoms with Crippen LogP contribution >= 0.6 is 0 Å². The Hall–Kier alpha value is -2.58. The Bertz CT molecular complexity index is 714. The van der Waals surface area contributed by atoms with Crippen LogP contribution in [-0.4, -0.2) is 44.2 Å². The summed E-state index contributed by atoms with van der Waals surface area (Å²) in [5.41, 5.74) is -0.221. The largest absolute Gasteiger partial charge is 0.444 e. The third-order valence-electron chi connectivity index (χ3n) is 2.63. The summed E-state index contributed by atoms with van der Waals surface area (Å²) in [5, 5.41) is 5.64. The van der Waals surface area contributed by atoms with Crippen molar-refractivity contribution < 1.29 is 9.53 Å². The SMILES string of the molecule is CC(CNc1nc2[nH]cnc2c(=O)[nH]1)NC(=O)OC(C)(C)C. The third kappa shape index (κ3) is 4.21. The summed E-state index contributed by atoms with van der Waals surface area (Å²) < 4.78 is 5.16. The van der Waals surface area contributed by atoms with Gasteiger partial charge in [0.15, 0.2) is 11.2 Å². The van der Waals surface area contributed by atoms with E-state index in [1.807, 2.05) is 6.92 Å². The number of rotatable bonds is 4. The highest BCUT2D eigenvalue weighted by Crippen LogP contribution is 2.07. The van der Waals surface area contributed by atoms with Crippen molar-refractivity contribution in [1.29, 1.82) is 0 Å². The summed E-state index contributed by atoms with van der Waals surface area (Å²) in [4.78, 5) is 36.8. The van der Waals surface area contributed by atoms with E-state index < -0.39 is 11.7 Å². The number of fused-ring (bicyclic) bond motifs is 1. The molecule has 9 heteroatoms. The van der Waals surface area contributed by atoms with Crippen LogP contribution in [0.25, 0.3) is 11.2 Å². The number of nitrogens with zero attached hydrogens (tertiary/aromatic N) is 2. The van der Waals surface area contributed by atoms with Crippen LogP contribution in [0.5, 0.6) is 0 Å². The molecule has 120 valence electrons. The van der Waals surface area contributed by atoms with Gasteiger partial charge in [-0.05, 0) is 27.7 Å². The third-order valence-corrected chi connectivity index (χ3v) is 2.63. The number of anilines is 1. The van der Waals surface area contributed by atoms with E-state index in [1.54, 1.807) is 20.8 Å². The Balaban J connectivity index is 1.91. The first-order valence-electron chi connectivity index (χ1n) is 6.91. The van der Waals surface area contributed by atoms with Crippen LogP contribution in [0.1, 0.15) is 27.7 Å². The zero-order valence-electron chi connectivity index (χ0n) is 13.0. The molecule has 2 heterocycles. The fraction of sp³-hybridized carbons (Fsp3) is 0.538. The maximum Gasteiger partial charge on any atom is 0.407 e. The lowest BCUT2D eigenvalue weighted by Crippen LogP contribution is -2.41. The van der Waals surface area contributed by atoms with Crippen molar-refractivity contribution >= 4 is 23.2 Å². The molecule has 22 heavy (non-hydrogen) atoms. The van der Waals surface area contributed by atoms with Gasteiger partial charge >= 0.3 is 6.09 Å². The van der Waals surface area contributed by atoms with Crippen molar-refractivity contribution in [3.63, 3.8) is 0 Å². The topological polar surface area (TPSA) is 125 Å². The van der Waals surface area contributed by atoms with Gasteiger partial charge < -0.3 is 20.4 Å². The second-order valence-electron chi connectivity index (χ2n) is 5.94. The number of hydrogen-bond acceptors (Lipinski definition) is 6. The molecule has 0 aliphatic rings. The van der Waals surface area contributed by atoms with Crippen LogP contribution in [0.3, 0.4) is 0 Å². The summed E-state index contributed by atoms with van der Waals surface area (Å²) in [7, 11) is 0. The predicted octanol–water partition coefficient (Wildman–Crippen LogP) is 0.971. The van der Waals surface area contributed by atoms with Gasteiger partial charge in [0, 0.05) is 12.6 Å². The molecule has 0 radical (unpaired) electrons. The van der Waals surface area contributed by atoms with Crippen LogP contribution in [0, 0.1) is 0 Å². The number of aromatic amines is 2. The fourth-order valence-corrected chi connectivity index (χ4v) is 1.74. The van der Waals surface area contributed by atoms with Crippen molar-refractivity contribution in [3.05, 3.63) is 16.7 Å². The number of carbonyl (C=O) groups is 1. The average Bonchev–Trinajstić information content (AvgIpc) is 2.82. The smallest absolute Gasteiger partial charge is 0.407 e. The maximum absolute atomic E-state index is 11.7. The van der Waals surface area contributed by atoms with E-state index in [9.17, 15) is 9.59 Å². The van der Waals surface area contributed by atoms with Crippen molar-refractivity contribution in [2.75, 3.05) is 11.9 Å². The molecule has 2 aromatic rings. The van der Waals surface area contributed by atoms with Crippen LogP contribution in [0.2, 0.25) is 0 Å². The molecular formula is C13H20N6O3. The normalized spacial score (nSPS) is 12.9. The second kappa shape index (κ2) is 6.04.